The maximum absolute atomic E-state index is 14.0. The van der Waals surface area contributed by atoms with Gasteiger partial charge in [0.05, 0.1) is 12.1 Å². The van der Waals surface area contributed by atoms with Crippen molar-refractivity contribution in [3.63, 3.8) is 0 Å². The van der Waals surface area contributed by atoms with Gasteiger partial charge in [-0.1, -0.05) is 25.3 Å². The van der Waals surface area contributed by atoms with Crippen LogP contribution >= 0.6 is 0 Å². The molecule has 1 fully saturated rings. The summed E-state index contributed by atoms with van der Waals surface area (Å²) in [7, 11) is 3.47. The van der Waals surface area contributed by atoms with Crippen molar-refractivity contribution in [3.05, 3.63) is 35.4 Å². The maximum atomic E-state index is 14.0. The van der Waals surface area contributed by atoms with Crippen LogP contribution in [0.1, 0.15) is 43.7 Å². The average molecular weight is 283 g/mol. The molecule has 1 aliphatic rings. The summed E-state index contributed by atoms with van der Waals surface area (Å²) in [6.45, 7) is 0. The molecule has 0 bridgehead atoms. The monoisotopic (exact) mass is 283 g/mol. The van der Waals surface area contributed by atoms with Crippen LogP contribution in [-0.4, -0.2) is 20.3 Å². The van der Waals surface area contributed by atoms with Crippen LogP contribution in [0.2, 0.25) is 0 Å². The predicted octanol–water partition coefficient (Wildman–Crippen LogP) is 3.82. The average Bonchev–Trinajstić information content (AvgIpc) is 2.46. The molecule has 0 saturated heterocycles. The molecule has 1 saturated carbocycles. The Morgan fingerprint density at radius 2 is 1.90 bits per heavy atom. The van der Waals surface area contributed by atoms with E-state index in [0.29, 0.717) is 11.5 Å². The van der Waals surface area contributed by atoms with Crippen LogP contribution in [0, 0.1) is 17.6 Å². The zero-order chi connectivity index (χ0) is 14.5. The van der Waals surface area contributed by atoms with Gasteiger partial charge in [0.2, 0.25) is 0 Å². The molecule has 112 valence electrons. The van der Waals surface area contributed by atoms with Gasteiger partial charge in [0, 0.05) is 18.7 Å². The van der Waals surface area contributed by atoms with Gasteiger partial charge in [-0.2, -0.15) is 0 Å². The van der Waals surface area contributed by atoms with Gasteiger partial charge in [0.15, 0.2) is 0 Å². The summed E-state index contributed by atoms with van der Waals surface area (Å²) in [5, 5.41) is 3.14. The number of hydrogen-bond acceptors (Lipinski definition) is 2. The van der Waals surface area contributed by atoms with E-state index in [1.807, 2.05) is 0 Å². The van der Waals surface area contributed by atoms with Crippen molar-refractivity contribution in [2.24, 2.45) is 5.92 Å². The number of hydrogen-bond donors (Lipinski definition) is 1. The molecule has 4 heteroatoms. The van der Waals surface area contributed by atoms with E-state index in [4.69, 9.17) is 4.74 Å². The Balaban J connectivity index is 2.23. The minimum Gasteiger partial charge on any atom is -0.379 e. The zero-order valence-corrected chi connectivity index (χ0v) is 12.2. The molecule has 0 amide bonds. The second-order valence-corrected chi connectivity index (χ2v) is 5.53. The topological polar surface area (TPSA) is 21.3 Å². The molecule has 2 nitrogen and oxygen atoms in total. The zero-order valence-electron chi connectivity index (χ0n) is 12.2. The fourth-order valence-electron chi connectivity index (χ4n) is 3.31. The number of halogens is 2. The predicted molar refractivity (Wildman–Crippen MR) is 75.5 cm³/mol. The number of rotatable bonds is 5. The van der Waals surface area contributed by atoms with E-state index < -0.39 is 11.6 Å². The minimum absolute atomic E-state index is 0.0831. The van der Waals surface area contributed by atoms with E-state index in [9.17, 15) is 8.78 Å². The van der Waals surface area contributed by atoms with E-state index >= 15 is 0 Å². The molecule has 1 aliphatic carbocycles. The molecule has 1 aromatic carbocycles. The summed E-state index contributed by atoms with van der Waals surface area (Å²) in [5.74, 6) is -0.634. The Morgan fingerprint density at radius 3 is 2.45 bits per heavy atom. The normalized spacial score (nSPS) is 19.8. The molecule has 0 radical (unpaired) electrons. The molecule has 2 unspecified atom stereocenters. The van der Waals surface area contributed by atoms with Crippen molar-refractivity contribution < 1.29 is 13.5 Å². The smallest absolute Gasteiger partial charge is 0.130 e. The Bertz CT molecular complexity index is 432. The maximum Gasteiger partial charge on any atom is 0.130 e. The third kappa shape index (κ3) is 3.36. The highest BCUT2D eigenvalue weighted by atomic mass is 19.1. The minimum atomic E-state index is -0.548. The number of likely N-dealkylation sites (N-methyl/N-ethyl adjacent to an activating group) is 1. The second kappa shape index (κ2) is 7.14. The second-order valence-electron chi connectivity index (χ2n) is 5.53. The van der Waals surface area contributed by atoms with E-state index in [2.05, 4.69) is 5.32 Å². The summed E-state index contributed by atoms with van der Waals surface area (Å²) in [4.78, 5) is 0. The lowest BCUT2D eigenvalue weighted by molar-refractivity contribution is 0.00855. The van der Waals surface area contributed by atoms with Crippen LogP contribution in [0.15, 0.2) is 18.2 Å². The third-order valence-corrected chi connectivity index (χ3v) is 4.32. The van der Waals surface area contributed by atoms with Crippen molar-refractivity contribution in [3.8, 4) is 0 Å². The quantitative estimate of drug-likeness (QED) is 0.887. The molecule has 0 spiro atoms. The van der Waals surface area contributed by atoms with E-state index in [0.717, 1.165) is 18.9 Å². The number of methoxy groups -OCH3 is 1. The van der Waals surface area contributed by atoms with Gasteiger partial charge >= 0.3 is 0 Å². The first kappa shape index (κ1) is 15.4. The molecular formula is C16H23F2NO. The Hall–Kier alpha value is -1.00. The van der Waals surface area contributed by atoms with Crippen LogP contribution in [0.5, 0.6) is 0 Å². The van der Waals surface area contributed by atoms with Crippen LogP contribution in [0.25, 0.3) is 0 Å². The van der Waals surface area contributed by atoms with Crippen molar-refractivity contribution in [1.82, 2.24) is 5.32 Å². The van der Waals surface area contributed by atoms with Gasteiger partial charge in [-0.15, -0.1) is 0 Å². The molecule has 2 atom stereocenters. The van der Waals surface area contributed by atoms with E-state index in [-0.39, 0.29) is 12.1 Å². The standard InChI is InChI=1S/C16H23F2NO/c1-19-15(13-9-8-12(17)10-14(13)18)16(20-2)11-6-4-3-5-7-11/h8-11,15-16,19H,3-7H2,1-2H3. The van der Waals surface area contributed by atoms with Gasteiger partial charge in [0.25, 0.3) is 0 Å². The van der Waals surface area contributed by atoms with Crippen molar-refractivity contribution in [2.75, 3.05) is 14.2 Å². The lowest BCUT2D eigenvalue weighted by Crippen LogP contribution is -2.38. The number of benzene rings is 1. The van der Waals surface area contributed by atoms with E-state index in [1.54, 1.807) is 14.2 Å². The fraction of sp³-hybridized carbons (Fsp3) is 0.625. The highest BCUT2D eigenvalue weighted by molar-refractivity contribution is 5.23. The number of ether oxygens (including phenoxy) is 1. The summed E-state index contributed by atoms with van der Waals surface area (Å²) in [6, 6.07) is 3.51. The summed E-state index contributed by atoms with van der Waals surface area (Å²) >= 11 is 0. The fourth-order valence-corrected chi connectivity index (χ4v) is 3.31. The highest BCUT2D eigenvalue weighted by Crippen LogP contribution is 2.34. The molecule has 0 aliphatic heterocycles. The molecular weight excluding hydrogens is 260 g/mol. The molecule has 1 aromatic rings. The van der Waals surface area contributed by atoms with Crippen LogP contribution in [0.3, 0.4) is 0 Å². The molecule has 0 heterocycles. The van der Waals surface area contributed by atoms with Gasteiger partial charge in [-0.3, -0.25) is 0 Å². The number of nitrogens with one attached hydrogen (secondary N) is 1. The molecule has 0 aromatic heterocycles. The van der Waals surface area contributed by atoms with Crippen molar-refractivity contribution in [1.29, 1.82) is 0 Å². The molecule has 20 heavy (non-hydrogen) atoms. The Labute approximate surface area is 119 Å². The SMILES string of the molecule is CNC(c1ccc(F)cc1F)C(OC)C1CCCCC1. The van der Waals surface area contributed by atoms with Gasteiger partial charge in [0.1, 0.15) is 11.6 Å². The summed E-state index contributed by atoms with van der Waals surface area (Å²) < 4.78 is 32.7. The van der Waals surface area contributed by atoms with E-state index in [1.165, 1.54) is 31.4 Å². The van der Waals surface area contributed by atoms with Crippen molar-refractivity contribution in [2.45, 2.75) is 44.2 Å². The first-order chi connectivity index (χ1) is 9.67. The lowest BCUT2D eigenvalue weighted by atomic mass is 9.81. The van der Waals surface area contributed by atoms with Crippen LogP contribution in [0.4, 0.5) is 8.78 Å². The van der Waals surface area contributed by atoms with Gasteiger partial charge < -0.3 is 10.1 Å². The Morgan fingerprint density at radius 1 is 1.20 bits per heavy atom. The van der Waals surface area contributed by atoms with Crippen molar-refractivity contribution >= 4 is 0 Å². The van der Waals surface area contributed by atoms with Crippen LogP contribution in [-0.2, 0) is 4.74 Å². The third-order valence-electron chi connectivity index (χ3n) is 4.32. The van der Waals surface area contributed by atoms with Gasteiger partial charge in [-0.05, 0) is 31.9 Å². The first-order valence-electron chi connectivity index (χ1n) is 7.32. The summed E-state index contributed by atoms with van der Waals surface area (Å²) in [5.41, 5.74) is 0.478. The first-order valence-corrected chi connectivity index (χ1v) is 7.32. The lowest BCUT2D eigenvalue weighted by Gasteiger charge is -2.35. The molecule has 1 N–H and O–H groups in total. The Kier molecular flexibility index (Phi) is 5.49. The largest absolute Gasteiger partial charge is 0.379 e. The van der Waals surface area contributed by atoms with Gasteiger partial charge in [-0.25, -0.2) is 8.78 Å². The van der Waals surface area contributed by atoms with Crippen LogP contribution < -0.4 is 5.32 Å². The summed E-state index contributed by atoms with van der Waals surface area (Å²) in [6.07, 6.45) is 5.81. The highest BCUT2D eigenvalue weighted by Gasteiger charge is 2.32. The molecule has 2 rings (SSSR count).